The van der Waals surface area contributed by atoms with Crippen molar-refractivity contribution in [3.05, 3.63) is 0 Å². The Balaban J connectivity index is 3.59. The smallest absolute Gasteiger partial charge is 0.334 e. The largest absolute Gasteiger partial charge is 0.479 e. The lowest BCUT2D eigenvalue weighted by Gasteiger charge is -2.08. The molecule has 0 spiro atoms. The Morgan fingerprint density at radius 2 is 1.93 bits per heavy atom. The van der Waals surface area contributed by atoms with Gasteiger partial charge in [0.05, 0.1) is 6.54 Å². The van der Waals surface area contributed by atoms with E-state index < -0.39 is 12.1 Å². The molecule has 0 aromatic carbocycles. The molecule has 1 amide bonds. The van der Waals surface area contributed by atoms with E-state index >= 15 is 0 Å². The summed E-state index contributed by atoms with van der Waals surface area (Å²) >= 11 is 0. The number of hydrogen-bond donors (Lipinski definition) is 3. The van der Waals surface area contributed by atoms with Gasteiger partial charge in [-0.15, -0.1) is 0 Å². The van der Waals surface area contributed by atoms with Gasteiger partial charge in [-0.25, -0.2) is 4.79 Å². The Labute approximate surface area is 83.1 Å². The molecule has 1 atom stereocenters. The molecule has 0 aliphatic heterocycles. The molecule has 14 heavy (non-hydrogen) atoms. The first kappa shape index (κ1) is 12.9. The van der Waals surface area contributed by atoms with E-state index in [1.807, 2.05) is 13.8 Å². The Kier molecular flexibility index (Phi) is 5.87. The normalized spacial score (nSPS) is 12.6. The number of hydrogen-bond acceptors (Lipinski definition) is 3. The molecule has 0 radical (unpaired) electrons. The maximum Gasteiger partial charge on any atom is 0.334 e. The van der Waals surface area contributed by atoms with Gasteiger partial charge in [-0.3, -0.25) is 4.79 Å². The number of carbonyl (C=O) groups excluding carboxylic acids is 1. The summed E-state index contributed by atoms with van der Waals surface area (Å²) in [7, 11) is 0. The predicted molar refractivity (Wildman–Crippen MR) is 50.7 cm³/mol. The van der Waals surface area contributed by atoms with E-state index in [9.17, 15) is 9.59 Å². The number of carboxylic acids is 1. The van der Waals surface area contributed by atoms with Crippen molar-refractivity contribution in [3.63, 3.8) is 0 Å². The molecule has 0 fully saturated rings. The molecule has 82 valence electrons. The Morgan fingerprint density at radius 1 is 1.36 bits per heavy atom. The van der Waals surface area contributed by atoms with Crippen LogP contribution in [0.25, 0.3) is 0 Å². The van der Waals surface area contributed by atoms with Crippen molar-refractivity contribution in [2.75, 3.05) is 6.54 Å². The molecule has 0 saturated heterocycles. The van der Waals surface area contributed by atoms with Crippen LogP contribution in [0.2, 0.25) is 0 Å². The van der Waals surface area contributed by atoms with Crippen molar-refractivity contribution < 1.29 is 19.8 Å². The SMILES string of the molecule is CC(C)CCC(=O)NCC(O)C(=O)O. The van der Waals surface area contributed by atoms with Crippen molar-refractivity contribution in [3.8, 4) is 0 Å². The number of aliphatic carboxylic acids is 1. The van der Waals surface area contributed by atoms with Gasteiger partial charge in [-0.1, -0.05) is 13.8 Å². The zero-order valence-electron chi connectivity index (χ0n) is 8.49. The molecule has 0 saturated carbocycles. The predicted octanol–water partition coefficient (Wildman–Crippen LogP) is -0.0157. The monoisotopic (exact) mass is 203 g/mol. The summed E-state index contributed by atoms with van der Waals surface area (Å²) in [5, 5.41) is 19.5. The van der Waals surface area contributed by atoms with Crippen LogP contribution in [0.5, 0.6) is 0 Å². The first-order valence-electron chi connectivity index (χ1n) is 4.61. The van der Waals surface area contributed by atoms with Gasteiger partial charge in [-0.05, 0) is 12.3 Å². The lowest BCUT2D eigenvalue weighted by atomic mass is 10.1. The average Bonchev–Trinajstić information content (AvgIpc) is 2.10. The fourth-order valence-electron chi connectivity index (χ4n) is 0.806. The van der Waals surface area contributed by atoms with Crippen LogP contribution in [0.1, 0.15) is 26.7 Å². The van der Waals surface area contributed by atoms with Crippen molar-refractivity contribution in [2.24, 2.45) is 5.92 Å². The zero-order valence-corrected chi connectivity index (χ0v) is 8.49. The van der Waals surface area contributed by atoms with E-state index in [-0.39, 0.29) is 12.5 Å². The summed E-state index contributed by atoms with van der Waals surface area (Å²) in [6, 6.07) is 0. The minimum absolute atomic E-state index is 0.223. The topological polar surface area (TPSA) is 86.6 Å². The Morgan fingerprint density at radius 3 is 2.36 bits per heavy atom. The van der Waals surface area contributed by atoms with Crippen LogP contribution in [0, 0.1) is 5.92 Å². The second kappa shape index (κ2) is 6.37. The summed E-state index contributed by atoms with van der Waals surface area (Å²) in [4.78, 5) is 21.2. The number of carbonyl (C=O) groups is 2. The van der Waals surface area contributed by atoms with Crippen LogP contribution >= 0.6 is 0 Å². The van der Waals surface area contributed by atoms with Crippen LogP contribution in [0.4, 0.5) is 0 Å². The van der Waals surface area contributed by atoms with Crippen molar-refractivity contribution in [1.29, 1.82) is 0 Å². The molecule has 0 aromatic heterocycles. The van der Waals surface area contributed by atoms with Gasteiger partial charge in [-0.2, -0.15) is 0 Å². The summed E-state index contributed by atoms with van der Waals surface area (Å²) < 4.78 is 0. The number of carboxylic acid groups (broad SMARTS) is 1. The minimum atomic E-state index is -1.52. The van der Waals surface area contributed by atoms with Gasteiger partial charge >= 0.3 is 5.97 Å². The number of rotatable bonds is 6. The van der Waals surface area contributed by atoms with E-state index in [1.165, 1.54) is 0 Å². The number of amides is 1. The molecule has 0 heterocycles. The van der Waals surface area contributed by atoms with Crippen molar-refractivity contribution in [1.82, 2.24) is 5.32 Å². The fraction of sp³-hybridized carbons (Fsp3) is 0.778. The highest BCUT2D eigenvalue weighted by molar-refractivity contribution is 5.77. The first-order chi connectivity index (χ1) is 6.43. The standard InChI is InChI=1S/C9H17NO4/c1-6(2)3-4-8(12)10-5-7(11)9(13)14/h6-7,11H,3-5H2,1-2H3,(H,10,12)(H,13,14). The van der Waals surface area contributed by atoms with E-state index in [2.05, 4.69) is 5.32 Å². The molecule has 3 N–H and O–H groups in total. The van der Waals surface area contributed by atoms with E-state index in [1.54, 1.807) is 0 Å². The third-order valence-electron chi connectivity index (χ3n) is 1.73. The molecular formula is C9H17NO4. The molecule has 0 aromatic rings. The molecule has 5 heteroatoms. The van der Waals surface area contributed by atoms with E-state index in [0.29, 0.717) is 12.3 Å². The molecule has 0 bridgehead atoms. The minimum Gasteiger partial charge on any atom is -0.479 e. The zero-order chi connectivity index (χ0) is 11.1. The van der Waals surface area contributed by atoms with Crippen LogP contribution < -0.4 is 5.32 Å². The van der Waals surface area contributed by atoms with Gasteiger partial charge in [0.1, 0.15) is 0 Å². The Bertz CT molecular complexity index is 203. The van der Waals surface area contributed by atoms with Gasteiger partial charge in [0, 0.05) is 6.42 Å². The third kappa shape index (κ3) is 6.42. The van der Waals surface area contributed by atoms with Crippen molar-refractivity contribution >= 4 is 11.9 Å². The van der Waals surface area contributed by atoms with Gasteiger partial charge in [0.15, 0.2) is 6.10 Å². The van der Waals surface area contributed by atoms with E-state index in [0.717, 1.165) is 6.42 Å². The van der Waals surface area contributed by atoms with Gasteiger partial charge in [0.25, 0.3) is 0 Å². The van der Waals surface area contributed by atoms with Crippen LogP contribution in [-0.4, -0.2) is 34.7 Å². The molecule has 5 nitrogen and oxygen atoms in total. The molecule has 0 aliphatic carbocycles. The molecule has 0 rings (SSSR count). The van der Waals surface area contributed by atoms with E-state index in [4.69, 9.17) is 10.2 Å². The maximum absolute atomic E-state index is 11.1. The third-order valence-corrected chi connectivity index (χ3v) is 1.73. The highest BCUT2D eigenvalue weighted by Gasteiger charge is 2.13. The number of aliphatic hydroxyl groups is 1. The molecule has 1 unspecified atom stereocenters. The molecular weight excluding hydrogens is 186 g/mol. The second-order valence-corrected chi connectivity index (χ2v) is 3.59. The van der Waals surface area contributed by atoms with Crippen LogP contribution in [0.3, 0.4) is 0 Å². The average molecular weight is 203 g/mol. The highest BCUT2D eigenvalue weighted by atomic mass is 16.4. The fourth-order valence-corrected chi connectivity index (χ4v) is 0.806. The molecule has 0 aliphatic rings. The second-order valence-electron chi connectivity index (χ2n) is 3.59. The summed E-state index contributed by atoms with van der Waals surface area (Å²) in [6.07, 6.45) is -0.392. The number of aliphatic hydroxyl groups excluding tert-OH is 1. The van der Waals surface area contributed by atoms with Crippen LogP contribution in [0.15, 0.2) is 0 Å². The van der Waals surface area contributed by atoms with Crippen molar-refractivity contribution in [2.45, 2.75) is 32.8 Å². The summed E-state index contributed by atoms with van der Waals surface area (Å²) in [5.41, 5.74) is 0. The first-order valence-corrected chi connectivity index (χ1v) is 4.61. The number of nitrogens with one attached hydrogen (secondary N) is 1. The lowest BCUT2D eigenvalue weighted by molar-refractivity contribution is -0.146. The summed E-state index contributed by atoms with van der Waals surface area (Å²) in [5.74, 6) is -1.11. The van der Waals surface area contributed by atoms with Crippen LogP contribution in [-0.2, 0) is 9.59 Å². The maximum atomic E-state index is 11.1. The van der Waals surface area contributed by atoms with Gasteiger partial charge < -0.3 is 15.5 Å². The highest BCUT2D eigenvalue weighted by Crippen LogP contribution is 2.02. The summed E-state index contributed by atoms with van der Waals surface area (Å²) in [6.45, 7) is 3.77. The Hall–Kier alpha value is -1.10. The van der Waals surface area contributed by atoms with Gasteiger partial charge in [0.2, 0.25) is 5.91 Å². The quantitative estimate of drug-likeness (QED) is 0.566. The lowest BCUT2D eigenvalue weighted by Crippen LogP contribution is -2.36.